The van der Waals surface area contributed by atoms with E-state index in [1.54, 1.807) is 32.4 Å². The molecular weight excluding hydrogens is 466 g/mol. The molecule has 3 aromatic carbocycles. The zero-order valence-electron chi connectivity index (χ0n) is 16.8. The van der Waals surface area contributed by atoms with Gasteiger partial charge in [0.05, 0.1) is 19.1 Å². The van der Waals surface area contributed by atoms with Crippen molar-refractivity contribution in [3.05, 3.63) is 86.4 Å². The maximum Gasteiger partial charge on any atom is 0.293 e. The molecule has 0 saturated heterocycles. The number of rotatable bonds is 8. The minimum atomic E-state index is -0.538. The van der Waals surface area contributed by atoms with Crippen molar-refractivity contribution in [2.45, 2.75) is 6.54 Å². The first-order valence-corrected chi connectivity index (χ1v) is 10.0. The summed E-state index contributed by atoms with van der Waals surface area (Å²) in [5.41, 5.74) is 2.17. The molecule has 0 fully saturated rings. The predicted octanol–water partition coefficient (Wildman–Crippen LogP) is 5.24. The van der Waals surface area contributed by atoms with Crippen molar-refractivity contribution in [2.24, 2.45) is 0 Å². The van der Waals surface area contributed by atoms with Crippen LogP contribution in [-0.4, -0.2) is 25.1 Å². The fraction of sp³-hybridized carbons (Fsp3) is 0.136. The summed E-state index contributed by atoms with van der Waals surface area (Å²) in [4.78, 5) is 23.2. The molecule has 8 nitrogen and oxygen atoms in total. The fourth-order valence-electron chi connectivity index (χ4n) is 2.88. The highest BCUT2D eigenvalue weighted by atomic mass is 79.9. The maximum atomic E-state index is 12.5. The first-order chi connectivity index (χ1) is 14.9. The van der Waals surface area contributed by atoms with Crippen molar-refractivity contribution in [3.8, 4) is 11.5 Å². The molecule has 3 rings (SSSR count). The lowest BCUT2D eigenvalue weighted by Crippen LogP contribution is -2.13. The van der Waals surface area contributed by atoms with Crippen LogP contribution in [0.1, 0.15) is 15.9 Å². The number of nitrogens with zero attached hydrogens (tertiary/aromatic N) is 1. The zero-order chi connectivity index (χ0) is 22.4. The Hall–Kier alpha value is -3.59. The second-order valence-electron chi connectivity index (χ2n) is 6.49. The molecular formula is C22H20BrN3O5. The third-order valence-corrected chi connectivity index (χ3v) is 4.99. The molecule has 0 radical (unpaired) electrons. The van der Waals surface area contributed by atoms with Crippen LogP contribution in [0.25, 0.3) is 0 Å². The fourth-order valence-corrected chi connectivity index (χ4v) is 3.23. The van der Waals surface area contributed by atoms with E-state index in [2.05, 4.69) is 26.6 Å². The molecule has 0 saturated carbocycles. The van der Waals surface area contributed by atoms with Gasteiger partial charge in [0.15, 0.2) is 11.5 Å². The Balaban J connectivity index is 1.65. The summed E-state index contributed by atoms with van der Waals surface area (Å²) in [5.74, 6) is 0.848. The maximum absolute atomic E-state index is 12.5. The molecule has 0 unspecified atom stereocenters. The minimum Gasteiger partial charge on any atom is -0.493 e. The molecule has 0 aromatic heterocycles. The van der Waals surface area contributed by atoms with Crippen molar-refractivity contribution in [1.29, 1.82) is 0 Å². The Morgan fingerprint density at radius 3 is 2.35 bits per heavy atom. The van der Waals surface area contributed by atoms with Gasteiger partial charge in [-0.3, -0.25) is 14.9 Å². The van der Waals surface area contributed by atoms with Gasteiger partial charge in [-0.15, -0.1) is 0 Å². The van der Waals surface area contributed by atoms with Crippen LogP contribution in [-0.2, 0) is 6.54 Å². The summed E-state index contributed by atoms with van der Waals surface area (Å²) in [6.45, 7) is 0.537. The lowest BCUT2D eigenvalue weighted by Gasteiger charge is -2.12. The molecule has 3 aromatic rings. The summed E-state index contributed by atoms with van der Waals surface area (Å²) in [5, 5.41) is 17.1. The van der Waals surface area contributed by atoms with E-state index < -0.39 is 10.8 Å². The number of nitro groups is 1. The molecule has 0 heterocycles. The molecule has 9 heteroatoms. The lowest BCUT2D eigenvalue weighted by atomic mass is 10.1. The van der Waals surface area contributed by atoms with Gasteiger partial charge >= 0.3 is 0 Å². The van der Waals surface area contributed by atoms with Gasteiger partial charge in [0, 0.05) is 34.4 Å². The predicted molar refractivity (Wildman–Crippen MR) is 122 cm³/mol. The van der Waals surface area contributed by atoms with E-state index in [-0.39, 0.29) is 11.4 Å². The highest BCUT2D eigenvalue weighted by Gasteiger charge is 2.17. The van der Waals surface area contributed by atoms with Gasteiger partial charge in [-0.25, -0.2) is 0 Å². The number of carbonyl (C=O) groups is 1. The van der Waals surface area contributed by atoms with Crippen LogP contribution >= 0.6 is 15.9 Å². The van der Waals surface area contributed by atoms with Gasteiger partial charge in [-0.05, 0) is 42.0 Å². The Labute approximate surface area is 187 Å². The molecule has 0 bridgehead atoms. The number of nitro benzene ring substituents is 1. The zero-order valence-corrected chi connectivity index (χ0v) is 18.4. The van der Waals surface area contributed by atoms with Crippen LogP contribution in [0.5, 0.6) is 11.5 Å². The van der Waals surface area contributed by atoms with Crippen LogP contribution in [0.2, 0.25) is 0 Å². The Morgan fingerprint density at radius 1 is 1.00 bits per heavy atom. The van der Waals surface area contributed by atoms with E-state index in [9.17, 15) is 14.9 Å². The Morgan fingerprint density at radius 2 is 1.71 bits per heavy atom. The summed E-state index contributed by atoms with van der Waals surface area (Å²) in [7, 11) is 3.16. The molecule has 0 spiro atoms. The third kappa shape index (κ3) is 5.52. The van der Waals surface area contributed by atoms with Gasteiger partial charge in [0.1, 0.15) is 5.69 Å². The van der Waals surface area contributed by atoms with E-state index in [1.165, 1.54) is 12.1 Å². The average molecular weight is 486 g/mol. The summed E-state index contributed by atoms with van der Waals surface area (Å²) < 4.78 is 11.1. The van der Waals surface area contributed by atoms with Crippen molar-refractivity contribution in [1.82, 2.24) is 0 Å². The number of hydrogen-bond acceptors (Lipinski definition) is 6. The van der Waals surface area contributed by atoms with Gasteiger partial charge in [-0.1, -0.05) is 28.1 Å². The number of carbonyl (C=O) groups excluding carboxylic acids is 1. The van der Waals surface area contributed by atoms with E-state index in [0.717, 1.165) is 11.3 Å². The van der Waals surface area contributed by atoms with Crippen LogP contribution in [0.4, 0.5) is 17.1 Å². The largest absolute Gasteiger partial charge is 0.493 e. The monoisotopic (exact) mass is 485 g/mol. The third-order valence-electron chi connectivity index (χ3n) is 4.50. The van der Waals surface area contributed by atoms with Crippen LogP contribution < -0.4 is 20.1 Å². The molecule has 160 valence electrons. The number of anilines is 2. The number of ether oxygens (including phenoxy) is 2. The molecule has 0 atom stereocenters. The van der Waals surface area contributed by atoms with E-state index in [0.29, 0.717) is 28.1 Å². The van der Waals surface area contributed by atoms with E-state index >= 15 is 0 Å². The van der Waals surface area contributed by atoms with Crippen LogP contribution in [0.15, 0.2) is 65.1 Å². The number of hydrogen-bond donors (Lipinski definition) is 2. The topological polar surface area (TPSA) is 103 Å². The molecule has 2 N–H and O–H groups in total. The van der Waals surface area contributed by atoms with E-state index in [1.807, 2.05) is 30.3 Å². The molecule has 31 heavy (non-hydrogen) atoms. The number of benzene rings is 3. The van der Waals surface area contributed by atoms with Crippen LogP contribution in [0, 0.1) is 10.1 Å². The standard InChI is InChI=1S/C22H20BrN3O5/c1-30-20-10-8-17(12-21(20)31-2)24-13-14-3-5-15(6-4-14)22(27)25-18-9-7-16(23)11-19(18)26(28)29/h3-12,24H,13H2,1-2H3,(H,25,27). The molecule has 1 amide bonds. The van der Waals surface area contributed by atoms with E-state index in [4.69, 9.17) is 9.47 Å². The normalized spacial score (nSPS) is 10.3. The lowest BCUT2D eigenvalue weighted by molar-refractivity contribution is -0.384. The second-order valence-corrected chi connectivity index (χ2v) is 7.41. The van der Waals surface area contributed by atoms with Crippen molar-refractivity contribution >= 4 is 38.9 Å². The van der Waals surface area contributed by atoms with Crippen LogP contribution in [0.3, 0.4) is 0 Å². The summed E-state index contributed by atoms with van der Waals surface area (Å²) in [6, 6.07) is 17.0. The Bertz CT molecular complexity index is 1100. The molecule has 0 aliphatic carbocycles. The van der Waals surface area contributed by atoms with Gasteiger partial charge < -0.3 is 20.1 Å². The van der Waals surface area contributed by atoms with Crippen molar-refractivity contribution < 1.29 is 19.2 Å². The van der Waals surface area contributed by atoms with Gasteiger partial charge in [0.25, 0.3) is 11.6 Å². The summed E-state index contributed by atoms with van der Waals surface area (Å²) >= 11 is 3.19. The number of nitrogens with one attached hydrogen (secondary N) is 2. The highest BCUT2D eigenvalue weighted by molar-refractivity contribution is 9.10. The average Bonchev–Trinajstić information content (AvgIpc) is 2.78. The van der Waals surface area contributed by atoms with Crippen molar-refractivity contribution in [3.63, 3.8) is 0 Å². The SMILES string of the molecule is COc1ccc(NCc2ccc(C(=O)Nc3ccc(Br)cc3[N+](=O)[O-])cc2)cc1OC. The summed E-state index contributed by atoms with van der Waals surface area (Å²) in [6.07, 6.45) is 0. The first-order valence-electron chi connectivity index (χ1n) is 9.21. The van der Waals surface area contributed by atoms with Gasteiger partial charge in [-0.2, -0.15) is 0 Å². The van der Waals surface area contributed by atoms with Gasteiger partial charge in [0.2, 0.25) is 0 Å². The molecule has 0 aliphatic rings. The minimum absolute atomic E-state index is 0.136. The van der Waals surface area contributed by atoms with Crippen molar-refractivity contribution in [2.75, 3.05) is 24.9 Å². The molecule has 0 aliphatic heterocycles. The Kier molecular flexibility index (Phi) is 7.09. The number of halogens is 1. The smallest absolute Gasteiger partial charge is 0.293 e. The number of amides is 1. The highest BCUT2D eigenvalue weighted by Crippen LogP contribution is 2.30. The quantitative estimate of drug-likeness (QED) is 0.334. The first kappa shape index (κ1) is 22.1. The number of methoxy groups -OCH3 is 2. The second kappa shape index (κ2) is 9.94.